The molecular weight excluding hydrogens is 296 g/mol. The third-order valence-electron chi connectivity index (χ3n) is 3.76. The van der Waals surface area contributed by atoms with E-state index in [0.717, 1.165) is 5.56 Å². The summed E-state index contributed by atoms with van der Waals surface area (Å²) in [5.41, 5.74) is 1.60. The summed E-state index contributed by atoms with van der Waals surface area (Å²) in [7, 11) is 1.29. The minimum absolute atomic E-state index is 0.118. The molecule has 6 nitrogen and oxygen atoms in total. The van der Waals surface area contributed by atoms with E-state index in [1.54, 1.807) is 11.0 Å². The zero-order valence-corrected chi connectivity index (χ0v) is 13.2. The predicted molar refractivity (Wildman–Crippen MR) is 84.6 cm³/mol. The Morgan fingerprint density at radius 1 is 1.39 bits per heavy atom. The number of methoxy groups -OCH3 is 1. The van der Waals surface area contributed by atoms with E-state index in [1.807, 2.05) is 25.1 Å². The van der Waals surface area contributed by atoms with E-state index < -0.39 is 12.0 Å². The molecule has 1 aromatic carbocycles. The van der Waals surface area contributed by atoms with Crippen molar-refractivity contribution in [2.45, 2.75) is 25.9 Å². The average Bonchev–Trinajstić information content (AvgIpc) is 2.89. The number of nitrogens with zero attached hydrogens (tertiary/aromatic N) is 1. The lowest BCUT2D eigenvalue weighted by Gasteiger charge is -2.25. The van der Waals surface area contributed by atoms with Gasteiger partial charge in [0, 0.05) is 24.7 Å². The molecule has 1 N–H and O–H groups in total. The van der Waals surface area contributed by atoms with E-state index in [4.69, 9.17) is 0 Å². The van der Waals surface area contributed by atoms with E-state index in [-0.39, 0.29) is 18.4 Å². The van der Waals surface area contributed by atoms with Crippen LogP contribution in [0.3, 0.4) is 0 Å². The molecule has 1 unspecified atom stereocenters. The fourth-order valence-corrected chi connectivity index (χ4v) is 2.58. The Hall–Kier alpha value is -2.63. The van der Waals surface area contributed by atoms with Gasteiger partial charge in [-0.3, -0.25) is 9.59 Å². The van der Waals surface area contributed by atoms with Crippen molar-refractivity contribution < 1.29 is 19.1 Å². The standard InChI is InChI=1S/C17H20N2O4/c1-3-14(16(21)18-10-6-9-15(20)23-2)19-11-12-7-4-5-8-13(12)17(19)22/h4-9,14H,3,10-11H2,1-2H3,(H,18,21)/b9-6+. The molecular formula is C17H20N2O4. The normalized spacial score (nSPS) is 14.7. The molecule has 2 amide bonds. The van der Waals surface area contributed by atoms with E-state index in [2.05, 4.69) is 10.1 Å². The van der Waals surface area contributed by atoms with Crippen LogP contribution in [0.15, 0.2) is 36.4 Å². The number of carbonyl (C=O) groups is 3. The summed E-state index contributed by atoms with van der Waals surface area (Å²) < 4.78 is 4.47. The van der Waals surface area contributed by atoms with Gasteiger partial charge in [0.05, 0.1) is 7.11 Å². The summed E-state index contributed by atoms with van der Waals surface area (Å²) in [6.07, 6.45) is 3.28. The number of hydrogen-bond donors (Lipinski definition) is 1. The first kappa shape index (κ1) is 16.7. The third-order valence-corrected chi connectivity index (χ3v) is 3.76. The van der Waals surface area contributed by atoms with Crippen LogP contribution < -0.4 is 5.32 Å². The molecule has 6 heteroatoms. The lowest BCUT2D eigenvalue weighted by Crippen LogP contribution is -2.46. The first-order valence-electron chi connectivity index (χ1n) is 7.49. The summed E-state index contributed by atoms with van der Waals surface area (Å²) in [6.45, 7) is 2.52. The Morgan fingerprint density at radius 2 is 2.13 bits per heavy atom. The van der Waals surface area contributed by atoms with Crippen LogP contribution in [0.5, 0.6) is 0 Å². The Kier molecular flexibility index (Phi) is 5.51. The van der Waals surface area contributed by atoms with E-state index in [1.165, 1.54) is 19.3 Å². The molecule has 0 radical (unpaired) electrons. The van der Waals surface area contributed by atoms with Crippen molar-refractivity contribution >= 4 is 17.8 Å². The van der Waals surface area contributed by atoms with Crippen LogP contribution in [0.1, 0.15) is 29.3 Å². The average molecular weight is 316 g/mol. The van der Waals surface area contributed by atoms with Gasteiger partial charge in [-0.2, -0.15) is 0 Å². The van der Waals surface area contributed by atoms with Gasteiger partial charge in [0.15, 0.2) is 0 Å². The van der Waals surface area contributed by atoms with Crippen LogP contribution in [0.2, 0.25) is 0 Å². The maximum Gasteiger partial charge on any atom is 0.330 e. The van der Waals surface area contributed by atoms with Crippen LogP contribution in [0.25, 0.3) is 0 Å². The van der Waals surface area contributed by atoms with E-state index in [9.17, 15) is 14.4 Å². The van der Waals surface area contributed by atoms with Gasteiger partial charge >= 0.3 is 5.97 Å². The minimum Gasteiger partial charge on any atom is -0.466 e. The van der Waals surface area contributed by atoms with Crippen molar-refractivity contribution in [3.63, 3.8) is 0 Å². The van der Waals surface area contributed by atoms with Gasteiger partial charge in [-0.1, -0.05) is 31.2 Å². The predicted octanol–water partition coefficient (Wildman–Crippen LogP) is 1.27. The molecule has 0 saturated carbocycles. The second-order valence-corrected chi connectivity index (χ2v) is 5.18. The molecule has 1 aromatic rings. The van der Waals surface area contributed by atoms with Crippen molar-refractivity contribution in [2.75, 3.05) is 13.7 Å². The van der Waals surface area contributed by atoms with Gasteiger partial charge in [-0.05, 0) is 18.1 Å². The maximum atomic E-state index is 12.4. The second kappa shape index (κ2) is 7.58. The van der Waals surface area contributed by atoms with Crippen LogP contribution in [0, 0.1) is 0 Å². The number of hydrogen-bond acceptors (Lipinski definition) is 4. The maximum absolute atomic E-state index is 12.4. The summed E-state index contributed by atoms with van der Waals surface area (Å²) in [5, 5.41) is 2.71. The van der Waals surface area contributed by atoms with Crippen LogP contribution in [-0.2, 0) is 20.9 Å². The lowest BCUT2D eigenvalue weighted by atomic mass is 10.1. The number of esters is 1. The lowest BCUT2D eigenvalue weighted by molar-refractivity contribution is -0.135. The number of amides is 2. The molecule has 0 saturated heterocycles. The molecule has 1 aliphatic rings. The van der Waals surface area contributed by atoms with Crippen molar-refractivity contribution in [1.29, 1.82) is 0 Å². The van der Waals surface area contributed by atoms with Gasteiger partial charge in [0.25, 0.3) is 5.91 Å². The molecule has 122 valence electrons. The fraction of sp³-hybridized carbons (Fsp3) is 0.353. The van der Waals surface area contributed by atoms with Crippen molar-refractivity contribution in [3.8, 4) is 0 Å². The number of nitrogens with one attached hydrogen (secondary N) is 1. The van der Waals surface area contributed by atoms with Gasteiger partial charge in [-0.25, -0.2) is 4.79 Å². The second-order valence-electron chi connectivity index (χ2n) is 5.18. The summed E-state index contributed by atoms with van der Waals surface area (Å²) >= 11 is 0. The van der Waals surface area contributed by atoms with Crippen molar-refractivity contribution in [1.82, 2.24) is 10.2 Å². The largest absolute Gasteiger partial charge is 0.466 e. The molecule has 0 aromatic heterocycles. The summed E-state index contributed by atoms with van der Waals surface area (Å²) in [6, 6.07) is 6.85. The third kappa shape index (κ3) is 3.77. The number of fused-ring (bicyclic) bond motifs is 1. The van der Waals surface area contributed by atoms with Crippen molar-refractivity contribution in [3.05, 3.63) is 47.5 Å². The summed E-state index contributed by atoms with van der Waals surface area (Å²) in [4.78, 5) is 37.3. The highest BCUT2D eigenvalue weighted by molar-refractivity contribution is 6.01. The van der Waals surface area contributed by atoms with Gasteiger partial charge < -0.3 is 15.0 Å². The van der Waals surface area contributed by atoms with E-state index in [0.29, 0.717) is 18.5 Å². The van der Waals surface area contributed by atoms with E-state index >= 15 is 0 Å². The molecule has 1 aliphatic heterocycles. The Morgan fingerprint density at radius 3 is 2.78 bits per heavy atom. The topological polar surface area (TPSA) is 75.7 Å². The zero-order chi connectivity index (χ0) is 16.8. The molecule has 2 rings (SSSR count). The Labute approximate surface area is 135 Å². The number of ether oxygens (including phenoxy) is 1. The summed E-state index contributed by atoms with van der Waals surface area (Å²) in [5.74, 6) is -0.827. The van der Waals surface area contributed by atoms with Crippen LogP contribution in [0.4, 0.5) is 0 Å². The van der Waals surface area contributed by atoms with Gasteiger partial charge in [-0.15, -0.1) is 0 Å². The quantitative estimate of drug-likeness (QED) is 0.633. The Bertz CT molecular complexity index is 639. The minimum atomic E-state index is -0.526. The van der Waals surface area contributed by atoms with Crippen LogP contribution >= 0.6 is 0 Å². The first-order valence-corrected chi connectivity index (χ1v) is 7.49. The highest BCUT2D eigenvalue weighted by Gasteiger charge is 2.34. The Balaban J connectivity index is 1.98. The molecule has 1 atom stereocenters. The number of benzene rings is 1. The first-order chi connectivity index (χ1) is 11.1. The molecule has 0 fully saturated rings. The fourth-order valence-electron chi connectivity index (χ4n) is 2.58. The number of rotatable bonds is 6. The molecule has 0 bridgehead atoms. The smallest absolute Gasteiger partial charge is 0.330 e. The zero-order valence-electron chi connectivity index (χ0n) is 13.2. The number of carbonyl (C=O) groups excluding carboxylic acids is 3. The highest BCUT2D eigenvalue weighted by Crippen LogP contribution is 2.25. The van der Waals surface area contributed by atoms with Gasteiger partial charge in [0.2, 0.25) is 5.91 Å². The highest BCUT2D eigenvalue weighted by atomic mass is 16.5. The molecule has 0 aliphatic carbocycles. The molecule has 1 heterocycles. The van der Waals surface area contributed by atoms with Crippen LogP contribution in [-0.4, -0.2) is 42.4 Å². The SMILES string of the molecule is CCC(C(=O)NC/C=C/C(=O)OC)N1Cc2ccccc2C1=O. The monoisotopic (exact) mass is 316 g/mol. The van der Waals surface area contributed by atoms with Crippen molar-refractivity contribution in [2.24, 2.45) is 0 Å². The molecule has 0 spiro atoms. The molecule has 23 heavy (non-hydrogen) atoms. The van der Waals surface area contributed by atoms with Gasteiger partial charge in [0.1, 0.15) is 6.04 Å².